The first kappa shape index (κ1) is 11.5. The predicted molar refractivity (Wildman–Crippen MR) is 69.8 cm³/mol. The van der Waals surface area contributed by atoms with Gasteiger partial charge in [-0.2, -0.15) is 0 Å². The summed E-state index contributed by atoms with van der Waals surface area (Å²) < 4.78 is 1.92. The Bertz CT molecular complexity index is 709. The average Bonchev–Trinajstić information content (AvgIpc) is 3.03. The molecule has 19 heavy (non-hydrogen) atoms. The molecule has 0 unspecified atom stereocenters. The van der Waals surface area contributed by atoms with Crippen LogP contribution in [0.25, 0.3) is 11.0 Å². The van der Waals surface area contributed by atoms with Gasteiger partial charge in [0.15, 0.2) is 0 Å². The fourth-order valence-electron chi connectivity index (χ4n) is 2.03. The van der Waals surface area contributed by atoms with E-state index in [0.29, 0.717) is 5.69 Å². The fraction of sp³-hybridized carbons (Fsp3) is 0.250. The number of aryl methyl sites for hydroxylation is 1. The van der Waals surface area contributed by atoms with Crippen LogP contribution in [0.2, 0.25) is 0 Å². The van der Waals surface area contributed by atoms with Crippen molar-refractivity contribution in [2.45, 2.75) is 0 Å². The molecule has 2 N–H and O–H groups in total. The standard InChI is InChI=1S/C12H13N5O2/c1-16-4-3-7-9(16)5-8(14-7)11(19)15-12-13-6-10(18)17(12)2/h3-5,14H,6H2,1-2H3,(H,13,15,19). The number of hydrogen-bond acceptors (Lipinski definition) is 3. The number of rotatable bonds is 1. The highest BCUT2D eigenvalue weighted by Gasteiger charge is 2.23. The topological polar surface area (TPSA) is 82.5 Å². The van der Waals surface area contributed by atoms with Gasteiger partial charge in [0, 0.05) is 20.3 Å². The lowest BCUT2D eigenvalue weighted by Crippen LogP contribution is -2.41. The summed E-state index contributed by atoms with van der Waals surface area (Å²) in [4.78, 5) is 31.7. The van der Waals surface area contributed by atoms with Crippen molar-refractivity contribution in [1.29, 1.82) is 0 Å². The van der Waals surface area contributed by atoms with Gasteiger partial charge in [0.25, 0.3) is 11.8 Å². The van der Waals surface area contributed by atoms with Gasteiger partial charge >= 0.3 is 0 Å². The maximum Gasteiger partial charge on any atom is 0.274 e. The van der Waals surface area contributed by atoms with Gasteiger partial charge in [0.1, 0.15) is 12.2 Å². The molecule has 0 spiro atoms. The highest BCUT2D eigenvalue weighted by molar-refractivity contribution is 6.12. The number of H-pyrrole nitrogens is 1. The average molecular weight is 259 g/mol. The lowest BCUT2D eigenvalue weighted by molar-refractivity contribution is -0.123. The first-order chi connectivity index (χ1) is 9.06. The number of fused-ring (bicyclic) bond motifs is 1. The third-order valence-electron chi connectivity index (χ3n) is 3.20. The zero-order valence-corrected chi connectivity index (χ0v) is 10.6. The van der Waals surface area contributed by atoms with E-state index < -0.39 is 0 Å². The van der Waals surface area contributed by atoms with Crippen molar-refractivity contribution < 1.29 is 9.59 Å². The summed E-state index contributed by atoms with van der Waals surface area (Å²) in [5.74, 6) is -0.155. The Morgan fingerprint density at radius 3 is 2.89 bits per heavy atom. The third kappa shape index (κ3) is 1.79. The number of likely N-dealkylation sites (N-methyl/N-ethyl adjacent to an activating group) is 1. The molecule has 7 heteroatoms. The van der Waals surface area contributed by atoms with Gasteiger partial charge in [-0.25, -0.2) is 4.99 Å². The van der Waals surface area contributed by atoms with Crippen LogP contribution in [0.3, 0.4) is 0 Å². The van der Waals surface area contributed by atoms with Crippen molar-refractivity contribution in [2.24, 2.45) is 12.0 Å². The van der Waals surface area contributed by atoms with E-state index in [4.69, 9.17) is 0 Å². The Morgan fingerprint density at radius 1 is 1.47 bits per heavy atom. The van der Waals surface area contributed by atoms with Crippen LogP contribution in [-0.2, 0) is 11.8 Å². The van der Waals surface area contributed by atoms with Gasteiger partial charge in [0.05, 0.1) is 11.0 Å². The van der Waals surface area contributed by atoms with Crippen LogP contribution in [-0.4, -0.2) is 45.8 Å². The molecule has 0 aromatic carbocycles. The van der Waals surface area contributed by atoms with Crippen LogP contribution in [0.5, 0.6) is 0 Å². The SMILES string of the molecule is CN1C(=O)CN=C1NC(=O)c1cc2c(ccn2C)[nH]1. The summed E-state index contributed by atoms with van der Waals surface area (Å²) in [7, 11) is 3.49. The van der Waals surface area contributed by atoms with Crippen molar-refractivity contribution in [3.8, 4) is 0 Å². The van der Waals surface area contributed by atoms with Gasteiger partial charge in [-0.05, 0) is 12.1 Å². The zero-order valence-electron chi connectivity index (χ0n) is 10.6. The largest absolute Gasteiger partial charge is 0.349 e. The van der Waals surface area contributed by atoms with Crippen LogP contribution in [0, 0.1) is 0 Å². The van der Waals surface area contributed by atoms with Crippen molar-refractivity contribution in [2.75, 3.05) is 13.6 Å². The summed E-state index contributed by atoms with van der Waals surface area (Å²) in [5.41, 5.74) is 2.28. The quantitative estimate of drug-likeness (QED) is 0.759. The summed E-state index contributed by atoms with van der Waals surface area (Å²) >= 11 is 0. The molecular formula is C12H13N5O2. The van der Waals surface area contributed by atoms with Crippen LogP contribution >= 0.6 is 0 Å². The first-order valence-electron chi connectivity index (χ1n) is 5.82. The number of guanidine groups is 1. The Morgan fingerprint density at radius 2 is 2.26 bits per heavy atom. The molecule has 7 nitrogen and oxygen atoms in total. The molecule has 2 amide bonds. The number of hydrogen-bond donors (Lipinski definition) is 2. The third-order valence-corrected chi connectivity index (χ3v) is 3.20. The van der Waals surface area contributed by atoms with Crippen LogP contribution in [0.4, 0.5) is 0 Å². The molecule has 3 rings (SSSR count). The van der Waals surface area contributed by atoms with E-state index in [1.807, 2.05) is 23.9 Å². The Hall–Kier alpha value is -2.57. The second kappa shape index (κ2) is 3.98. The number of aliphatic imine (C=N–C) groups is 1. The Kier molecular flexibility index (Phi) is 2.41. The first-order valence-corrected chi connectivity index (χ1v) is 5.82. The van der Waals surface area contributed by atoms with E-state index in [1.165, 1.54) is 4.90 Å². The maximum absolute atomic E-state index is 12.1. The second-order valence-corrected chi connectivity index (χ2v) is 4.46. The van der Waals surface area contributed by atoms with Crippen molar-refractivity contribution in [3.05, 3.63) is 24.0 Å². The number of carbonyl (C=O) groups is 2. The van der Waals surface area contributed by atoms with Crippen molar-refractivity contribution in [1.82, 2.24) is 19.8 Å². The molecule has 98 valence electrons. The van der Waals surface area contributed by atoms with E-state index >= 15 is 0 Å². The zero-order chi connectivity index (χ0) is 13.6. The van der Waals surface area contributed by atoms with Crippen LogP contribution in [0.1, 0.15) is 10.5 Å². The smallest absolute Gasteiger partial charge is 0.274 e. The number of amides is 2. The molecule has 2 aromatic heterocycles. The molecule has 0 atom stereocenters. The minimum Gasteiger partial charge on any atom is -0.349 e. The number of nitrogens with zero attached hydrogens (tertiary/aromatic N) is 3. The number of carbonyl (C=O) groups excluding carboxylic acids is 2. The molecule has 0 bridgehead atoms. The van der Waals surface area contributed by atoms with Gasteiger partial charge in [-0.1, -0.05) is 0 Å². The van der Waals surface area contributed by atoms with Gasteiger partial charge in [-0.15, -0.1) is 0 Å². The molecule has 3 heterocycles. The van der Waals surface area contributed by atoms with E-state index in [1.54, 1.807) is 13.1 Å². The van der Waals surface area contributed by atoms with Gasteiger partial charge < -0.3 is 9.55 Å². The van der Waals surface area contributed by atoms with Gasteiger partial charge in [0.2, 0.25) is 5.96 Å². The highest BCUT2D eigenvalue weighted by Crippen LogP contribution is 2.15. The van der Waals surface area contributed by atoms with Crippen molar-refractivity contribution >= 4 is 28.8 Å². The highest BCUT2D eigenvalue weighted by atomic mass is 16.2. The normalized spacial score (nSPS) is 15.2. The van der Waals surface area contributed by atoms with Gasteiger partial charge in [-0.3, -0.25) is 19.8 Å². The van der Waals surface area contributed by atoms with E-state index in [2.05, 4.69) is 15.3 Å². The molecule has 0 aliphatic carbocycles. The molecular weight excluding hydrogens is 246 g/mol. The molecule has 0 radical (unpaired) electrons. The molecule has 2 aromatic rings. The number of nitrogens with one attached hydrogen (secondary N) is 2. The second-order valence-electron chi connectivity index (χ2n) is 4.46. The fourth-order valence-corrected chi connectivity index (χ4v) is 2.03. The number of aromatic amines is 1. The molecule has 0 saturated heterocycles. The minimum atomic E-state index is -0.309. The summed E-state index contributed by atoms with van der Waals surface area (Å²) in [6, 6.07) is 3.66. The summed E-state index contributed by atoms with van der Waals surface area (Å²) in [5, 5.41) is 2.62. The molecule has 1 aliphatic heterocycles. The van der Waals surface area contributed by atoms with Crippen LogP contribution < -0.4 is 5.32 Å². The predicted octanol–water partition coefficient (Wildman–Crippen LogP) is 0.0642. The van der Waals surface area contributed by atoms with E-state index in [0.717, 1.165) is 11.0 Å². The van der Waals surface area contributed by atoms with E-state index in [-0.39, 0.29) is 24.3 Å². The van der Waals surface area contributed by atoms with Crippen LogP contribution in [0.15, 0.2) is 23.3 Å². The number of aromatic nitrogens is 2. The lowest BCUT2D eigenvalue weighted by Gasteiger charge is -2.11. The Balaban J connectivity index is 1.82. The summed E-state index contributed by atoms with van der Waals surface area (Å²) in [6.07, 6.45) is 1.91. The van der Waals surface area contributed by atoms with E-state index in [9.17, 15) is 9.59 Å². The monoisotopic (exact) mass is 259 g/mol. The molecule has 0 saturated carbocycles. The minimum absolute atomic E-state index is 0.0822. The van der Waals surface area contributed by atoms with Crippen molar-refractivity contribution in [3.63, 3.8) is 0 Å². The maximum atomic E-state index is 12.1. The molecule has 0 fully saturated rings. The summed E-state index contributed by atoms with van der Waals surface area (Å²) in [6.45, 7) is 0.0822. The Labute approximate surface area is 108 Å². The molecule has 1 aliphatic rings. The lowest BCUT2D eigenvalue weighted by atomic mass is 10.4.